The number of nitrogens with zero attached hydrogens (tertiary/aromatic N) is 6. The Morgan fingerprint density at radius 3 is 2.55 bits per heavy atom. The topological polar surface area (TPSA) is 139 Å². The minimum Gasteiger partial charge on any atom is -0.368 e. The average Bonchev–Trinajstić information content (AvgIpc) is 3.50. The van der Waals surface area contributed by atoms with Gasteiger partial charge in [-0.2, -0.15) is 5.10 Å². The number of amides is 4. The molecule has 3 N–H and O–H groups in total. The molecule has 2 fully saturated rings. The number of benzene rings is 2. The van der Waals surface area contributed by atoms with E-state index in [0.29, 0.717) is 65.1 Å². The number of anilines is 2. The van der Waals surface area contributed by atoms with Gasteiger partial charge in [-0.25, -0.2) is 9.59 Å². The highest BCUT2D eigenvalue weighted by Gasteiger charge is 2.33. The van der Waals surface area contributed by atoms with Crippen LogP contribution in [0.5, 0.6) is 0 Å². The number of aromatic nitrogens is 3. The Hall–Kier alpha value is -5.17. The largest absolute Gasteiger partial charge is 0.426 e. The van der Waals surface area contributed by atoms with Crippen molar-refractivity contribution in [1.29, 1.82) is 0 Å². The smallest absolute Gasteiger partial charge is 0.368 e. The zero-order chi connectivity index (χ0) is 32.2. The van der Waals surface area contributed by atoms with Crippen LogP contribution < -0.4 is 15.5 Å². The van der Waals surface area contributed by atoms with E-state index < -0.39 is 12.1 Å². The maximum absolute atomic E-state index is 13.9. The molecule has 3 aliphatic rings. The fourth-order valence-corrected chi connectivity index (χ4v) is 6.78. The van der Waals surface area contributed by atoms with Crippen LogP contribution in [0.4, 0.5) is 21.0 Å². The summed E-state index contributed by atoms with van der Waals surface area (Å²) >= 11 is 0. The van der Waals surface area contributed by atoms with E-state index in [0.717, 1.165) is 39.8 Å². The zero-order valence-electron chi connectivity index (χ0n) is 26.2. The third-order valence-electron chi connectivity index (χ3n) is 9.37. The number of nitrogens with one attached hydrogen (secondary N) is 3. The van der Waals surface area contributed by atoms with E-state index in [-0.39, 0.29) is 18.0 Å². The van der Waals surface area contributed by atoms with E-state index in [9.17, 15) is 14.4 Å². The molecule has 13 nitrogen and oxygen atoms in total. The summed E-state index contributed by atoms with van der Waals surface area (Å²) in [5, 5.41) is 15.5. The van der Waals surface area contributed by atoms with Gasteiger partial charge < -0.3 is 30.2 Å². The van der Waals surface area contributed by atoms with Gasteiger partial charge in [0.05, 0.1) is 11.7 Å². The molecule has 47 heavy (non-hydrogen) atoms. The molecule has 5 heterocycles. The average molecular weight is 638 g/mol. The minimum absolute atomic E-state index is 0.0465. The maximum atomic E-state index is 13.9. The number of H-pyrrole nitrogens is 1. The minimum atomic E-state index is -0.806. The summed E-state index contributed by atoms with van der Waals surface area (Å²) in [4.78, 5) is 55.9. The van der Waals surface area contributed by atoms with Gasteiger partial charge in [0, 0.05) is 87.4 Å². The second-order valence-electron chi connectivity index (χ2n) is 12.3. The monoisotopic (exact) mass is 637 g/mol. The number of para-hydroxylation sites is 1. The van der Waals surface area contributed by atoms with Gasteiger partial charge in [0.15, 0.2) is 0 Å². The molecular formula is C34H39N9O4. The molecule has 0 spiro atoms. The molecule has 13 heteroatoms. The number of piperazine rings is 1. The van der Waals surface area contributed by atoms with Crippen molar-refractivity contribution < 1.29 is 19.2 Å². The van der Waals surface area contributed by atoms with E-state index in [1.165, 1.54) is 0 Å². The summed E-state index contributed by atoms with van der Waals surface area (Å²) in [5.41, 5.74) is 4.88. The van der Waals surface area contributed by atoms with Gasteiger partial charge in [-0.3, -0.25) is 14.9 Å². The van der Waals surface area contributed by atoms with Crippen LogP contribution in [0.15, 0.2) is 73.2 Å². The second kappa shape index (κ2) is 13.7. The van der Waals surface area contributed by atoms with Gasteiger partial charge in [-0.15, -0.1) is 5.06 Å². The molecule has 7 rings (SSSR count). The summed E-state index contributed by atoms with van der Waals surface area (Å²) in [5.74, 6) is -0.143. The van der Waals surface area contributed by atoms with Crippen molar-refractivity contribution in [1.82, 2.24) is 35.4 Å². The third kappa shape index (κ3) is 6.99. The SMILES string of the molecule is O=C(NC(Cc1ccc2[nH]ncc2c1)C(=O)N1CCN(c2ccncc2)CC1)ON1CCC(N2CCc3ccccc3NC2=O)CC1. The van der Waals surface area contributed by atoms with Gasteiger partial charge in [0.2, 0.25) is 5.91 Å². The molecule has 1 atom stereocenters. The number of carbonyl (C=O) groups excluding carboxylic acids is 3. The number of rotatable bonds is 7. The lowest BCUT2D eigenvalue weighted by molar-refractivity contribution is -0.136. The second-order valence-corrected chi connectivity index (χ2v) is 12.3. The summed E-state index contributed by atoms with van der Waals surface area (Å²) in [6.45, 7) is 4.06. The number of hydrogen-bond acceptors (Lipinski definition) is 8. The number of carbonyl (C=O) groups is 3. The Bertz CT molecular complexity index is 1710. The van der Waals surface area contributed by atoms with Crippen molar-refractivity contribution in [2.75, 3.05) is 56.0 Å². The van der Waals surface area contributed by atoms with Crippen LogP contribution in [0.3, 0.4) is 0 Å². The van der Waals surface area contributed by atoms with E-state index in [2.05, 4.69) is 30.7 Å². The van der Waals surface area contributed by atoms with Crippen LogP contribution in [-0.4, -0.2) is 106 Å². The molecule has 0 aliphatic carbocycles. The van der Waals surface area contributed by atoms with Crippen LogP contribution in [0.2, 0.25) is 0 Å². The van der Waals surface area contributed by atoms with E-state index in [1.54, 1.807) is 23.7 Å². The Kier molecular flexibility index (Phi) is 8.87. The zero-order valence-corrected chi connectivity index (χ0v) is 26.2. The molecular weight excluding hydrogens is 598 g/mol. The van der Waals surface area contributed by atoms with Gasteiger partial charge in [-0.05, 0) is 60.7 Å². The van der Waals surface area contributed by atoms with Gasteiger partial charge >= 0.3 is 12.1 Å². The Morgan fingerprint density at radius 2 is 1.74 bits per heavy atom. The van der Waals surface area contributed by atoms with Crippen molar-refractivity contribution in [3.8, 4) is 0 Å². The van der Waals surface area contributed by atoms with Crippen LogP contribution in [0.25, 0.3) is 10.9 Å². The van der Waals surface area contributed by atoms with Crippen molar-refractivity contribution in [2.24, 2.45) is 0 Å². The van der Waals surface area contributed by atoms with Crippen LogP contribution in [-0.2, 0) is 22.5 Å². The molecule has 0 bridgehead atoms. The molecule has 2 saturated heterocycles. The number of urea groups is 1. The van der Waals surface area contributed by atoms with Crippen molar-refractivity contribution in [3.05, 3.63) is 84.3 Å². The molecule has 2 aromatic carbocycles. The summed E-state index contributed by atoms with van der Waals surface area (Å²) in [7, 11) is 0. The molecule has 3 aliphatic heterocycles. The molecule has 0 radical (unpaired) electrons. The van der Waals surface area contributed by atoms with Gasteiger partial charge in [0.25, 0.3) is 0 Å². The Morgan fingerprint density at radius 1 is 0.957 bits per heavy atom. The highest BCUT2D eigenvalue weighted by atomic mass is 16.7. The van der Waals surface area contributed by atoms with Gasteiger partial charge in [-0.1, -0.05) is 24.3 Å². The van der Waals surface area contributed by atoms with E-state index in [1.807, 2.05) is 64.4 Å². The van der Waals surface area contributed by atoms with Crippen LogP contribution in [0, 0.1) is 0 Å². The molecule has 0 saturated carbocycles. The van der Waals surface area contributed by atoms with Crippen molar-refractivity contribution >= 4 is 40.3 Å². The first-order chi connectivity index (χ1) is 23.0. The fraction of sp³-hybridized carbons (Fsp3) is 0.382. The van der Waals surface area contributed by atoms with E-state index >= 15 is 0 Å². The molecule has 1 unspecified atom stereocenters. The third-order valence-corrected chi connectivity index (χ3v) is 9.37. The van der Waals surface area contributed by atoms with E-state index in [4.69, 9.17) is 4.84 Å². The fourth-order valence-electron chi connectivity index (χ4n) is 6.78. The lowest BCUT2D eigenvalue weighted by Gasteiger charge is -2.38. The number of pyridine rings is 1. The van der Waals surface area contributed by atoms with Crippen molar-refractivity contribution in [3.63, 3.8) is 0 Å². The number of hydroxylamine groups is 2. The lowest BCUT2D eigenvalue weighted by Crippen LogP contribution is -2.56. The van der Waals surface area contributed by atoms with Crippen molar-refractivity contribution in [2.45, 2.75) is 37.8 Å². The summed E-state index contributed by atoms with van der Waals surface area (Å²) in [6, 6.07) is 16.8. The molecule has 4 amide bonds. The normalized spacial score (nSPS) is 18.3. The quantitative estimate of drug-likeness (QED) is 0.280. The van der Waals surface area contributed by atoms with Crippen LogP contribution in [0.1, 0.15) is 24.0 Å². The molecule has 244 valence electrons. The first-order valence-corrected chi connectivity index (χ1v) is 16.2. The molecule has 4 aromatic rings. The number of fused-ring (bicyclic) bond motifs is 2. The predicted molar refractivity (Wildman–Crippen MR) is 177 cm³/mol. The highest BCUT2D eigenvalue weighted by Crippen LogP contribution is 2.25. The Labute approximate surface area is 272 Å². The highest BCUT2D eigenvalue weighted by molar-refractivity contribution is 5.91. The van der Waals surface area contributed by atoms with Gasteiger partial charge in [0.1, 0.15) is 6.04 Å². The first kappa shape index (κ1) is 30.5. The predicted octanol–water partition coefficient (Wildman–Crippen LogP) is 3.41. The first-order valence-electron chi connectivity index (χ1n) is 16.2. The number of aromatic amines is 1. The lowest BCUT2D eigenvalue weighted by atomic mass is 10.0. The Balaban J connectivity index is 0.964. The molecule has 2 aromatic heterocycles. The number of piperidine rings is 1. The maximum Gasteiger partial charge on any atom is 0.426 e. The standard InChI is InChI=1S/C34H39N9O4/c44-32(41-19-17-40(18-20-41)27-7-12-35-13-8-27)31(22-24-5-6-30-26(21-24)23-36-39-30)38-34(46)47-42-14-10-28(11-15-42)43-16-9-25-3-1-2-4-29(25)37-33(43)45/h1-8,12-13,21,23,28,31H,9-11,14-20,22H2,(H,36,39)(H,37,45)(H,38,46). The summed E-state index contributed by atoms with van der Waals surface area (Å²) in [6.07, 6.45) is 7.06. The van der Waals surface area contributed by atoms with Crippen LogP contribution >= 0.6 is 0 Å². The summed E-state index contributed by atoms with van der Waals surface area (Å²) < 4.78 is 0. The number of hydrogen-bond donors (Lipinski definition) is 3.